The molecule has 0 aliphatic heterocycles. The second-order valence-corrected chi connectivity index (χ2v) is 6.20. The molecule has 1 amide bonds. The summed E-state index contributed by atoms with van der Waals surface area (Å²) in [6.07, 6.45) is -3.91. The van der Waals surface area contributed by atoms with Gasteiger partial charge in [-0.05, 0) is 32.9 Å². The largest absolute Gasteiger partial charge is 0.488 e. The van der Waals surface area contributed by atoms with E-state index in [0.29, 0.717) is 6.07 Å². The van der Waals surface area contributed by atoms with E-state index in [1.807, 2.05) is 0 Å². The van der Waals surface area contributed by atoms with Crippen molar-refractivity contribution in [3.8, 4) is 5.75 Å². The minimum atomic E-state index is -4.76. The third-order valence-corrected chi connectivity index (χ3v) is 3.56. The van der Waals surface area contributed by atoms with E-state index in [0.717, 1.165) is 23.0 Å². The molecule has 1 atom stereocenters. The number of amides is 1. The first kappa shape index (κ1) is 20.7. The summed E-state index contributed by atoms with van der Waals surface area (Å²) in [7, 11) is 0. The van der Waals surface area contributed by atoms with Gasteiger partial charge in [0.05, 0.1) is 17.8 Å². The molecule has 1 heterocycles. The van der Waals surface area contributed by atoms with Gasteiger partial charge < -0.3 is 10.1 Å². The Bertz CT molecular complexity index is 817. The molecule has 10 heteroatoms. The molecule has 0 spiro atoms. The van der Waals surface area contributed by atoms with Gasteiger partial charge in [-0.3, -0.25) is 9.48 Å². The van der Waals surface area contributed by atoms with Crippen molar-refractivity contribution >= 4 is 5.91 Å². The molecule has 0 saturated heterocycles. The highest BCUT2D eigenvalue weighted by Crippen LogP contribution is 2.33. The molecular formula is C17H18F5N3O2. The van der Waals surface area contributed by atoms with Gasteiger partial charge in [0.15, 0.2) is 17.3 Å². The SMILES string of the molecule is CC(C)n1ncc(C(=O)N[C@H](C)COc2ccc(F)cc2F)c1C(F)(F)F. The van der Waals surface area contributed by atoms with Crippen LogP contribution in [0.15, 0.2) is 24.4 Å². The molecular weight excluding hydrogens is 373 g/mol. The fourth-order valence-corrected chi connectivity index (χ4v) is 2.35. The van der Waals surface area contributed by atoms with Crippen LogP contribution in [-0.4, -0.2) is 28.3 Å². The van der Waals surface area contributed by atoms with Gasteiger partial charge in [-0.1, -0.05) is 0 Å². The summed E-state index contributed by atoms with van der Waals surface area (Å²) in [4.78, 5) is 12.2. The van der Waals surface area contributed by atoms with Crippen LogP contribution in [0.25, 0.3) is 0 Å². The zero-order valence-corrected chi connectivity index (χ0v) is 14.8. The Morgan fingerprint density at radius 2 is 1.93 bits per heavy atom. The summed E-state index contributed by atoms with van der Waals surface area (Å²) in [5, 5.41) is 5.99. The van der Waals surface area contributed by atoms with Gasteiger partial charge in [0.1, 0.15) is 12.4 Å². The summed E-state index contributed by atoms with van der Waals surface area (Å²) in [5.41, 5.74) is -1.76. The molecule has 0 fully saturated rings. The molecule has 0 unspecified atom stereocenters. The van der Waals surface area contributed by atoms with Crippen LogP contribution in [-0.2, 0) is 6.18 Å². The normalized spacial score (nSPS) is 12.9. The highest BCUT2D eigenvalue weighted by Gasteiger charge is 2.40. The van der Waals surface area contributed by atoms with E-state index in [4.69, 9.17) is 4.74 Å². The molecule has 0 aliphatic rings. The van der Waals surface area contributed by atoms with E-state index in [1.165, 1.54) is 20.8 Å². The minimum Gasteiger partial charge on any atom is -0.488 e. The molecule has 0 radical (unpaired) electrons. The Morgan fingerprint density at radius 3 is 2.48 bits per heavy atom. The standard InChI is InChI=1S/C17H18F5N3O2/c1-9(2)25-15(17(20,21)22)12(7-23-25)16(26)24-10(3)8-27-14-5-4-11(18)6-13(14)19/h4-7,9-10H,8H2,1-3H3,(H,24,26)/t10-/m1/s1. The number of carbonyl (C=O) groups excluding carboxylic acids is 1. The van der Waals surface area contributed by atoms with Crippen molar-refractivity contribution in [2.45, 2.75) is 39.0 Å². The first-order valence-corrected chi connectivity index (χ1v) is 8.04. The van der Waals surface area contributed by atoms with Gasteiger partial charge in [-0.2, -0.15) is 18.3 Å². The number of aromatic nitrogens is 2. The molecule has 2 rings (SSSR count). The van der Waals surface area contributed by atoms with E-state index < -0.39 is 47.1 Å². The van der Waals surface area contributed by atoms with Crippen LogP contribution in [0.1, 0.15) is 42.9 Å². The van der Waals surface area contributed by atoms with Crippen LogP contribution >= 0.6 is 0 Å². The zero-order chi connectivity index (χ0) is 20.4. The Hall–Kier alpha value is -2.65. The van der Waals surface area contributed by atoms with Crippen LogP contribution in [0.2, 0.25) is 0 Å². The number of carbonyl (C=O) groups is 1. The number of benzene rings is 1. The molecule has 148 valence electrons. The first-order chi connectivity index (χ1) is 12.5. The van der Waals surface area contributed by atoms with Crippen molar-refractivity contribution in [3.05, 3.63) is 47.3 Å². The molecule has 1 aromatic carbocycles. The van der Waals surface area contributed by atoms with E-state index in [1.54, 1.807) is 0 Å². The minimum absolute atomic E-state index is 0.228. The third kappa shape index (κ3) is 4.95. The van der Waals surface area contributed by atoms with Crippen LogP contribution in [0.5, 0.6) is 5.75 Å². The van der Waals surface area contributed by atoms with E-state index >= 15 is 0 Å². The number of halogens is 5. The first-order valence-electron chi connectivity index (χ1n) is 8.04. The van der Waals surface area contributed by atoms with Crippen LogP contribution in [0.3, 0.4) is 0 Å². The highest BCUT2D eigenvalue weighted by atomic mass is 19.4. The molecule has 0 aliphatic carbocycles. The quantitative estimate of drug-likeness (QED) is 0.759. The number of rotatable bonds is 6. The maximum absolute atomic E-state index is 13.5. The number of hydrogen-bond donors (Lipinski definition) is 1. The highest BCUT2D eigenvalue weighted by molar-refractivity contribution is 5.95. The van der Waals surface area contributed by atoms with E-state index in [2.05, 4.69) is 10.4 Å². The van der Waals surface area contributed by atoms with Gasteiger partial charge in [0.2, 0.25) is 0 Å². The van der Waals surface area contributed by atoms with Gasteiger partial charge in [0, 0.05) is 12.1 Å². The lowest BCUT2D eigenvalue weighted by molar-refractivity contribution is -0.145. The molecule has 27 heavy (non-hydrogen) atoms. The van der Waals surface area contributed by atoms with Crippen molar-refractivity contribution in [3.63, 3.8) is 0 Å². The Labute approximate surface area is 152 Å². The van der Waals surface area contributed by atoms with Crippen molar-refractivity contribution in [1.29, 1.82) is 0 Å². The lowest BCUT2D eigenvalue weighted by Gasteiger charge is -2.17. The monoisotopic (exact) mass is 391 g/mol. The van der Waals surface area contributed by atoms with Crippen LogP contribution < -0.4 is 10.1 Å². The number of alkyl halides is 3. The average Bonchev–Trinajstić information content (AvgIpc) is 2.99. The van der Waals surface area contributed by atoms with Crippen molar-refractivity contribution < 1.29 is 31.5 Å². The Balaban J connectivity index is 2.08. The Morgan fingerprint density at radius 1 is 1.26 bits per heavy atom. The van der Waals surface area contributed by atoms with Gasteiger partial charge in [-0.15, -0.1) is 0 Å². The van der Waals surface area contributed by atoms with Crippen molar-refractivity contribution in [1.82, 2.24) is 15.1 Å². The fraction of sp³-hybridized carbons (Fsp3) is 0.412. The number of hydrogen-bond acceptors (Lipinski definition) is 3. The number of nitrogens with zero attached hydrogens (tertiary/aromatic N) is 2. The summed E-state index contributed by atoms with van der Waals surface area (Å²) in [6.45, 7) is 4.27. The Kier molecular flexibility index (Phi) is 6.07. The van der Waals surface area contributed by atoms with Gasteiger partial charge >= 0.3 is 6.18 Å². The zero-order valence-electron chi connectivity index (χ0n) is 14.8. The van der Waals surface area contributed by atoms with E-state index in [9.17, 15) is 26.7 Å². The van der Waals surface area contributed by atoms with Crippen molar-refractivity contribution in [2.24, 2.45) is 0 Å². The average molecular weight is 391 g/mol. The molecule has 0 saturated carbocycles. The summed E-state index contributed by atoms with van der Waals surface area (Å²) >= 11 is 0. The predicted molar refractivity (Wildman–Crippen MR) is 86.4 cm³/mol. The van der Waals surface area contributed by atoms with Crippen LogP contribution in [0, 0.1) is 11.6 Å². The second kappa shape index (κ2) is 7.93. The maximum Gasteiger partial charge on any atom is 0.433 e. The molecule has 1 aromatic heterocycles. The third-order valence-electron chi connectivity index (χ3n) is 3.56. The number of ether oxygens (including phenoxy) is 1. The molecule has 5 nitrogen and oxygen atoms in total. The topological polar surface area (TPSA) is 56.2 Å². The smallest absolute Gasteiger partial charge is 0.433 e. The summed E-state index contributed by atoms with van der Waals surface area (Å²) < 4.78 is 72.1. The molecule has 1 N–H and O–H groups in total. The predicted octanol–water partition coefficient (Wildman–Crippen LogP) is 3.96. The lowest BCUT2D eigenvalue weighted by atomic mass is 10.2. The van der Waals surface area contributed by atoms with Crippen LogP contribution in [0.4, 0.5) is 22.0 Å². The summed E-state index contributed by atoms with van der Waals surface area (Å²) in [6, 6.07) is 1.37. The van der Waals surface area contributed by atoms with Gasteiger partial charge in [0.25, 0.3) is 5.91 Å². The summed E-state index contributed by atoms with van der Waals surface area (Å²) in [5.74, 6) is -2.92. The molecule has 0 bridgehead atoms. The fourth-order valence-electron chi connectivity index (χ4n) is 2.35. The lowest BCUT2D eigenvalue weighted by Crippen LogP contribution is -2.37. The van der Waals surface area contributed by atoms with Crippen molar-refractivity contribution in [2.75, 3.05) is 6.61 Å². The second-order valence-electron chi connectivity index (χ2n) is 6.20. The van der Waals surface area contributed by atoms with Gasteiger partial charge in [-0.25, -0.2) is 8.78 Å². The number of nitrogens with one attached hydrogen (secondary N) is 1. The maximum atomic E-state index is 13.5. The van der Waals surface area contributed by atoms with E-state index in [-0.39, 0.29) is 12.4 Å². The molecule has 2 aromatic rings.